The highest BCUT2D eigenvalue weighted by Crippen LogP contribution is 2.13. The van der Waals surface area contributed by atoms with Gasteiger partial charge in [-0.25, -0.2) is 0 Å². The molecule has 0 spiro atoms. The molecule has 0 radical (unpaired) electrons. The van der Waals surface area contributed by atoms with Crippen molar-refractivity contribution in [3.63, 3.8) is 0 Å². The monoisotopic (exact) mass is 374 g/mol. The van der Waals surface area contributed by atoms with Crippen LogP contribution in [-0.4, -0.2) is 41.2 Å². The number of carbonyl (C=O) groups is 1. The van der Waals surface area contributed by atoms with E-state index in [1.54, 1.807) is 18.3 Å². The van der Waals surface area contributed by atoms with Gasteiger partial charge >= 0.3 is 0 Å². The van der Waals surface area contributed by atoms with Crippen LogP contribution in [0.2, 0.25) is 0 Å². The van der Waals surface area contributed by atoms with E-state index in [2.05, 4.69) is 27.4 Å². The second-order valence-electron chi connectivity index (χ2n) is 7.02. The molecule has 0 aliphatic carbocycles. The summed E-state index contributed by atoms with van der Waals surface area (Å²) in [6, 6.07) is 20.1. The van der Waals surface area contributed by atoms with E-state index in [0.29, 0.717) is 6.54 Å². The van der Waals surface area contributed by atoms with Crippen molar-refractivity contribution in [1.82, 2.24) is 20.0 Å². The number of hydrogen-bond acceptors (Lipinski definition) is 3. The fourth-order valence-corrected chi connectivity index (χ4v) is 3.00. The number of nitrogens with zero attached hydrogens (tertiary/aromatic N) is 3. The second kappa shape index (κ2) is 9.67. The van der Waals surface area contributed by atoms with E-state index in [0.717, 1.165) is 17.7 Å². The SMILES string of the molecule is CN(C)C[C@@H](NC(=O)/C=C/c1cnn(Cc2ccccc2)c1)c1ccccc1. The molecule has 2 aromatic carbocycles. The lowest BCUT2D eigenvalue weighted by atomic mass is 10.1. The predicted octanol–water partition coefficient (Wildman–Crippen LogP) is 3.36. The first-order valence-electron chi connectivity index (χ1n) is 9.35. The van der Waals surface area contributed by atoms with Gasteiger partial charge < -0.3 is 10.2 Å². The Morgan fingerprint density at radius 1 is 1.11 bits per heavy atom. The highest BCUT2D eigenvalue weighted by atomic mass is 16.1. The summed E-state index contributed by atoms with van der Waals surface area (Å²) < 4.78 is 1.87. The minimum absolute atomic E-state index is 0.0610. The fraction of sp³-hybridized carbons (Fsp3) is 0.217. The molecule has 1 N–H and O–H groups in total. The molecule has 3 aromatic rings. The van der Waals surface area contributed by atoms with Crippen molar-refractivity contribution in [3.05, 3.63) is 95.8 Å². The van der Waals surface area contributed by atoms with Crippen molar-refractivity contribution in [2.45, 2.75) is 12.6 Å². The summed E-state index contributed by atoms with van der Waals surface area (Å²) in [6.45, 7) is 1.44. The summed E-state index contributed by atoms with van der Waals surface area (Å²) in [5, 5.41) is 7.45. The van der Waals surface area contributed by atoms with Gasteiger partial charge in [-0.3, -0.25) is 9.48 Å². The van der Waals surface area contributed by atoms with E-state index in [-0.39, 0.29) is 11.9 Å². The molecule has 1 heterocycles. The van der Waals surface area contributed by atoms with Crippen LogP contribution in [0, 0.1) is 0 Å². The van der Waals surface area contributed by atoms with Crippen LogP contribution in [0.15, 0.2) is 79.1 Å². The maximum atomic E-state index is 12.4. The molecule has 3 rings (SSSR count). The molecule has 0 saturated carbocycles. The average Bonchev–Trinajstić information content (AvgIpc) is 3.14. The van der Waals surface area contributed by atoms with Crippen LogP contribution in [-0.2, 0) is 11.3 Å². The zero-order valence-corrected chi connectivity index (χ0v) is 16.3. The Labute approximate surface area is 166 Å². The Morgan fingerprint density at radius 2 is 1.79 bits per heavy atom. The third-order valence-electron chi connectivity index (χ3n) is 4.33. The maximum Gasteiger partial charge on any atom is 0.244 e. The highest BCUT2D eigenvalue weighted by molar-refractivity contribution is 5.91. The van der Waals surface area contributed by atoms with Crippen molar-refractivity contribution < 1.29 is 4.79 Å². The molecular formula is C23H26N4O. The summed E-state index contributed by atoms with van der Waals surface area (Å²) >= 11 is 0. The predicted molar refractivity (Wildman–Crippen MR) is 113 cm³/mol. The van der Waals surface area contributed by atoms with Crippen LogP contribution in [0.1, 0.15) is 22.7 Å². The molecule has 0 bridgehead atoms. The molecule has 1 amide bonds. The number of amides is 1. The lowest BCUT2D eigenvalue weighted by Gasteiger charge is -2.22. The maximum absolute atomic E-state index is 12.4. The number of nitrogens with one attached hydrogen (secondary N) is 1. The van der Waals surface area contributed by atoms with E-state index in [9.17, 15) is 4.79 Å². The number of hydrogen-bond donors (Lipinski definition) is 1. The number of rotatable bonds is 8. The number of likely N-dealkylation sites (N-methyl/N-ethyl adjacent to an activating group) is 1. The molecule has 1 aromatic heterocycles. The van der Waals surface area contributed by atoms with Gasteiger partial charge in [0.25, 0.3) is 0 Å². The Bertz CT molecular complexity index is 901. The standard InChI is InChI=1S/C23H26N4O/c1-26(2)18-22(21-11-7-4-8-12-21)25-23(28)14-13-20-15-24-27(17-20)16-19-9-5-3-6-10-19/h3-15,17,22H,16,18H2,1-2H3,(H,25,28)/b14-13+/t22-/m1/s1. The topological polar surface area (TPSA) is 50.2 Å². The molecule has 0 fully saturated rings. The minimum atomic E-state index is -0.119. The van der Waals surface area contributed by atoms with Crippen LogP contribution in [0.5, 0.6) is 0 Å². The first kappa shape index (κ1) is 19.6. The molecule has 1 atom stereocenters. The Hall–Kier alpha value is -3.18. The van der Waals surface area contributed by atoms with Gasteiger partial charge in [0.15, 0.2) is 0 Å². The molecular weight excluding hydrogens is 348 g/mol. The summed E-state index contributed by atoms with van der Waals surface area (Å²) in [4.78, 5) is 14.5. The lowest BCUT2D eigenvalue weighted by molar-refractivity contribution is -0.117. The Morgan fingerprint density at radius 3 is 2.46 bits per heavy atom. The van der Waals surface area contributed by atoms with Crippen molar-refractivity contribution in [2.75, 3.05) is 20.6 Å². The number of aromatic nitrogens is 2. The first-order valence-corrected chi connectivity index (χ1v) is 9.35. The molecule has 5 heteroatoms. The Kier molecular flexibility index (Phi) is 6.76. The van der Waals surface area contributed by atoms with Crippen LogP contribution in [0.4, 0.5) is 0 Å². The lowest BCUT2D eigenvalue weighted by Crippen LogP contribution is -2.34. The zero-order chi connectivity index (χ0) is 19.8. The van der Waals surface area contributed by atoms with E-state index in [1.165, 1.54) is 5.56 Å². The number of carbonyl (C=O) groups excluding carboxylic acids is 1. The van der Waals surface area contributed by atoms with E-state index in [4.69, 9.17) is 0 Å². The van der Waals surface area contributed by atoms with Gasteiger partial charge in [-0.1, -0.05) is 60.7 Å². The normalized spacial score (nSPS) is 12.4. The largest absolute Gasteiger partial charge is 0.344 e. The van der Waals surface area contributed by atoms with Crippen molar-refractivity contribution in [3.8, 4) is 0 Å². The van der Waals surface area contributed by atoms with Gasteiger partial charge in [0.05, 0.1) is 18.8 Å². The molecule has 0 saturated heterocycles. The number of benzene rings is 2. The van der Waals surface area contributed by atoms with E-state index < -0.39 is 0 Å². The van der Waals surface area contributed by atoms with Gasteiger partial charge in [-0.05, 0) is 31.3 Å². The van der Waals surface area contributed by atoms with Crippen molar-refractivity contribution in [2.24, 2.45) is 0 Å². The molecule has 0 aliphatic rings. The van der Waals surface area contributed by atoms with Gasteiger partial charge in [-0.2, -0.15) is 5.10 Å². The summed E-state index contributed by atoms with van der Waals surface area (Å²) in [5.41, 5.74) is 3.18. The Balaban J connectivity index is 1.61. The second-order valence-corrected chi connectivity index (χ2v) is 7.02. The van der Waals surface area contributed by atoms with Gasteiger partial charge in [-0.15, -0.1) is 0 Å². The summed E-state index contributed by atoms with van der Waals surface area (Å²) in [7, 11) is 4.00. The van der Waals surface area contributed by atoms with Crippen molar-refractivity contribution in [1.29, 1.82) is 0 Å². The molecule has 28 heavy (non-hydrogen) atoms. The average molecular weight is 374 g/mol. The molecule has 5 nitrogen and oxygen atoms in total. The van der Waals surface area contributed by atoms with Gasteiger partial charge in [0, 0.05) is 24.4 Å². The third kappa shape index (κ3) is 5.93. The third-order valence-corrected chi connectivity index (χ3v) is 4.33. The van der Waals surface area contributed by atoms with Gasteiger partial charge in [0.2, 0.25) is 5.91 Å². The quantitative estimate of drug-likeness (QED) is 0.615. The summed E-state index contributed by atoms with van der Waals surface area (Å²) in [6.07, 6.45) is 7.06. The smallest absolute Gasteiger partial charge is 0.244 e. The van der Waals surface area contributed by atoms with E-state index >= 15 is 0 Å². The van der Waals surface area contributed by atoms with Gasteiger partial charge in [0.1, 0.15) is 0 Å². The van der Waals surface area contributed by atoms with Crippen LogP contribution >= 0.6 is 0 Å². The zero-order valence-electron chi connectivity index (χ0n) is 16.3. The van der Waals surface area contributed by atoms with E-state index in [1.807, 2.05) is 73.5 Å². The molecule has 144 valence electrons. The van der Waals surface area contributed by atoms with Crippen LogP contribution < -0.4 is 5.32 Å². The van der Waals surface area contributed by atoms with Crippen molar-refractivity contribution >= 4 is 12.0 Å². The highest BCUT2D eigenvalue weighted by Gasteiger charge is 2.14. The van der Waals surface area contributed by atoms with Crippen LogP contribution in [0.3, 0.4) is 0 Å². The minimum Gasteiger partial charge on any atom is -0.344 e. The molecule has 0 aliphatic heterocycles. The van der Waals surface area contributed by atoms with Crippen LogP contribution in [0.25, 0.3) is 6.08 Å². The summed E-state index contributed by atoms with van der Waals surface area (Å²) in [5.74, 6) is -0.119. The fourth-order valence-electron chi connectivity index (χ4n) is 3.00. The molecule has 0 unspecified atom stereocenters. The first-order chi connectivity index (χ1) is 13.6.